The van der Waals surface area contributed by atoms with Crippen LogP contribution < -0.4 is 27.1 Å². The van der Waals surface area contributed by atoms with Gasteiger partial charge in [0.2, 0.25) is 23.7 Å². The number of nitrogens with one attached hydrogen (secondary N) is 4. The van der Waals surface area contributed by atoms with Crippen molar-refractivity contribution in [2.45, 2.75) is 121 Å². The number of rotatable bonds is 19. The van der Waals surface area contributed by atoms with Crippen LogP contribution in [0.15, 0.2) is 100 Å². The number of nitrogens with zero attached hydrogens (tertiary/aromatic N) is 6. The Morgan fingerprint density at radius 3 is 2.36 bits per heavy atom. The van der Waals surface area contributed by atoms with E-state index in [4.69, 9.17) is 27.4 Å². The number of anilines is 3. The minimum absolute atomic E-state index is 0.0903. The summed E-state index contributed by atoms with van der Waals surface area (Å²) in [7, 11) is 0. The van der Waals surface area contributed by atoms with Gasteiger partial charge in [-0.05, 0) is 100 Å². The highest BCUT2D eigenvalue weighted by Gasteiger charge is 2.40. The predicted octanol–water partition coefficient (Wildman–Crippen LogP) is 9.32. The van der Waals surface area contributed by atoms with E-state index in [1.165, 1.54) is 23.1 Å². The second kappa shape index (κ2) is 23.5. The fourth-order valence-electron chi connectivity index (χ4n) is 10.1. The van der Waals surface area contributed by atoms with Crippen molar-refractivity contribution in [1.29, 1.82) is 0 Å². The molecule has 1 aliphatic carbocycles. The van der Waals surface area contributed by atoms with Gasteiger partial charge in [0.25, 0.3) is 5.91 Å². The van der Waals surface area contributed by atoms with E-state index in [-0.39, 0.29) is 54.5 Å². The topological polar surface area (TPSA) is 209 Å². The van der Waals surface area contributed by atoms with Crippen LogP contribution in [-0.2, 0) is 27.5 Å². The number of benzene rings is 4. The number of hydrogen-bond donors (Lipinski definition) is 5. The number of unbranched alkanes of at least 4 members (excludes halogenated alkanes) is 6. The molecule has 4 aromatic carbocycles. The molecule has 1 saturated carbocycles. The van der Waals surface area contributed by atoms with E-state index in [2.05, 4.69) is 36.3 Å². The maximum Gasteiger partial charge on any atom is 0.255 e. The van der Waals surface area contributed by atoms with E-state index < -0.39 is 23.6 Å². The zero-order chi connectivity index (χ0) is 50.8. The highest BCUT2D eigenvalue weighted by molar-refractivity contribution is 6.38. The second-order valence-corrected chi connectivity index (χ2v) is 19.4. The van der Waals surface area contributed by atoms with Crippen molar-refractivity contribution in [3.8, 4) is 11.3 Å². The van der Waals surface area contributed by atoms with Crippen LogP contribution in [0, 0.1) is 11.6 Å². The summed E-state index contributed by atoms with van der Waals surface area (Å²) < 4.78 is 30.0. The molecule has 18 heteroatoms. The van der Waals surface area contributed by atoms with Gasteiger partial charge in [0.05, 0.1) is 29.6 Å². The van der Waals surface area contributed by atoms with Crippen molar-refractivity contribution in [3.63, 3.8) is 0 Å². The number of aromatic nitrogens is 2. The average molecular weight is 1010 g/mol. The van der Waals surface area contributed by atoms with Crippen molar-refractivity contribution < 1.29 is 28.0 Å². The van der Waals surface area contributed by atoms with Gasteiger partial charge in [-0.2, -0.15) is 5.10 Å². The third-order valence-corrected chi connectivity index (χ3v) is 14.2. The number of hydrazone groups is 1. The molecule has 1 unspecified atom stereocenters. The molecule has 3 aliphatic heterocycles. The fourth-order valence-corrected chi connectivity index (χ4v) is 10.3. The summed E-state index contributed by atoms with van der Waals surface area (Å²) in [5.74, 6) is 3.60. The van der Waals surface area contributed by atoms with E-state index in [9.17, 15) is 28.0 Å². The number of piperidine rings is 1. The SMILES string of the molecule is NN=C(C=NC1CCC(NCCCCCCCCCC(=O)Nc2cccc3c2CN(C2CCC(=O)NC2=O)C3=O)CC1)c1ccc(Nc2ncc3c(n2)-c2ccc(Cl)cc2C(c2c(F)cccc2F)=NC3)cc1. The van der Waals surface area contributed by atoms with E-state index in [1.54, 1.807) is 48.8 Å². The average Bonchev–Trinajstić information content (AvgIpc) is 3.64. The Hall–Kier alpha value is -7.24. The number of amides is 4. The Morgan fingerprint density at radius 1 is 0.863 bits per heavy atom. The van der Waals surface area contributed by atoms with Crippen molar-refractivity contribution in [1.82, 2.24) is 25.5 Å². The maximum absolute atomic E-state index is 15.0. The molecule has 73 heavy (non-hydrogen) atoms. The summed E-state index contributed by atoms with van der Waals surface area (Å²) in [6, 6.07) is 21.6. The second-order valence-electron chi connectivity index (χ2n) is 19.0. The third kappa shape index (κ3) is 12.2. The number of hydrogen-bond acceptors (Lipinski definition) is 12. The number of carbonyl (C=O) groups excluding carboxylic acids is 4. The molecule has 15 nitrogen and oxygen atoms in total. The molecule has 4 amide bonds. The fraction of sp³-hybridized carbons (Fsp3) is 0.364. The van der Waals surface area contributed by atoms with Gasteiger partial charge in [-0.25, -0.2) is 18.7 Å². The molecule has 5 aromatic rings. The van der Waals surface area contributed by atoms with Gasteiger partial charge in [0.15, 0.2) is 0 Å². The molecular formula is C55H58ClF2N11O4. The summed E-state index contributed by atoms with van der Waals surface area (Å²) in [5.41, 5.74) is 6.19. The summed E-state index contributed by atoms with van der Waals surface area (Å²) in [4.78, 5) is 70.3. The van der Waals surface area contributed by atoms with E-state index >= 15 is 0 Å². The van der Waals surface area contributed by atoms with Crippen molar-refractivity contribution >= 4 is 70.2 Å². The molecule has 0 bridgehead atoms. The first-order chi connectivity index (χ1) is 35.5. The first-order valence-corrected chi connectivity index (χ1v) is 25.5. The summed E-state index contributed by atoms with van der Waals surface area (Å²) in [6.07, 6.45) is 15.8. The monoisotopic (exact) mass is 1010 g/mol. The van der Waals surface area contributed by atoms with Crippen LogP contribution >= 0.6 is 11.6 Å². The Kier molecular flexibility index (Phi) is 16.3. The van der Waals surface area contributed by atoms with Crippen LogP contribution in [-0.4, -0.2) is 80.8 Å². The zero-order valence-corrected chi connectivity index (χ0v) is 41.2. The smallest absolute Gasteiger partial charge is 0.255 e. The minimum atomic E-state index is -0.720. The standard InChI is InChI=1S/C55H58ClF2N11O4/c56-35-17-24-39-41(28-35)52(50-43(57)11-9-12-44(50)58)62-29-34-30-63-55(67-51(34)39)64-38-18-15-33(16-19-38)46(68-59)31-61-37-22-20-36(21-23-37)60-27-7-5-3-1-2-4-6-14-48(70)65-45-13-8-10-40-42(45)32-69(54(40)73)47-25-26-49(71)66-53(47)72/h8-13,15-19,24,28,30-31,36-37,47,60H,1-7,14,20-23,25-27,29,32,59H2,(H,65,70)(H,63,64,67)(H,66,71,72). The van der Waals surface area contributed by atoms with Gasteiger partial charge in [0.1, 0.15) is 23.4 Å². The van der Waals surface area contributed by atoms with Gasteiger partial charge in [-0.1, -0.05) is 74.0 Å². The van der Waals surface area contributed by atoms with Crippen molar-refractivity contribution in [2.24, 2.45) is 20.9 Å². The first kappa shape index (κ1) is 50.7. The Labute approximate surface area is 427 Å². The molecule has 0 spiro atoms. The van der Waals surface area contributed by atoms with Crippen LogP contribution in [0.3, 0.4) is 0 Å². The number of fused-ring (bicyclic) bond motifs is 4. The molecule has 378 valence electrons. The molecule has 4 aliphatic rings. The van der Waals surface area contributed by atoms with Crippen LogP contribution in [0.2, 0.25) is 5.02 Å². The van der Waals surface area contributed by atoms with Crippen LogP contribution in [0.1, 0.15) is 128 Å². The largest absolute Gasteiger partial charge is 0.326 e. The Bertz CT molecular complexity index is 2960. The number of nitrogens with two attached hydrogens (primary N) is 1. The summed E-state index contributed by atoms with van der Waals surface area (Å²) >= 11 is 6.38. The van der Waals surface area contributed by atoms with Gasteiger partial charge >= 0.3 is 0 Å². The number of carbonyl (C=O) groups is 4. The zero-order valence-electron chi connectivity index (χ0n) is 40.4. The maximum atomic E-state index is 15.0. The molecule has 4 heterocycles. The van der Waals surface area contributed by atoms with Gasteiger partial charge < -0.3 is 26.7 Å². The quantitative estimate of drug-likeness (QED) is 0.0175. The Balaban J connectivity index is 0.651. The molecule has 6 N–H and O–H groups in total. The first-order valence-electron chi connectivity index (χ1n) is 25.2. The van der Waals surface area contributed by atoms with Gasteiger partial charge in [-0.15, -0.1) is 0 Å². The number of imide groups is 1. The molecule has 1 aromatic heterocycles. The van der Waals surface area contributed by atoms with Crippen molar-refractivity contribution in [2.75, 3.05) is 17.2 Å². The lowest BCUT2D eigenvalue weighted by Crippen LogP contribution is -2.52. The summed E-state index contributed by atoms with van der Waals surface area (Å²) in [5, 5.41) is 16.7. The third-order valence-electron chi connectivity index (χ3n) is 14.0. The van der Waals surface area contributed by atoms with E-state index in [1.807, 2.05) is 24.3 Å². The normalized spacial score (nSPS) is 18.7. The predicted molar refractivity (Wildman–Crippen MR) is 279 cm³/mol. The lowest BCUT2D eigenvalue weighted by molar-refractivity contribution is -0.137. The highest BCUT2D eigenvalue weighted by Crippen LogP contribution is 2.36. The number of halogens is 3. The van der Waals surface area contributed by atoms with Gasteiger partial charge in [0, 0.05) is 87.6 Å². The molecule has 9 rings (SSSR count). The van der Waals surface area contributed by atoms with Crippen LogP contribution in [0.25, 0.3) is 11.3 Å². The summed E-state index contributed by atoms with van der Waals surface area (Å²) in [6.45, 7) is 1.32. The lowest BCUT2D eigenvalue weighted by Gasteiger charge is -2.29. The molecule has 1 saturated heterocycles. The van der Waals surface area contributed by atoms with Gasteiger partial charge in [-0.3, -0.25) is 34.5 Å². The molecule has 1 atom stereocenters. The number of aliphatic imine (C=N–C) groups is 2. The Morgan fingerprint density at radius 2 is 1.60 bits per heavy atom. The van der Waals surface area contributed by atoms with E-state index in [0.29, 0.717) is 74.8 Å². The molecule has 0 radical (unpaired) electrons. The molecular weight excluding hydrogens is 952 g/mol. The highest BCUT2D eigenvalue weighted by atomic mass is 35.5. The van der Waals surface area contributed by atoms with Crippen molar-refractivity contribution in [3.05, 3.63) is 135 Å². The lowest BCUT2D eigenvalue weighted by atomic mass is 9.91. The van der Waals surface area contributed by atoms with Crippen LogP contribution in [0.5, 0.6) is 0 Å². The van der Waals surface area contributed by atoms with E-state index in [0.717, 1.165) is 88.4 Å². The minimum Gasteiger partial charge on any atom is -0.326 e. The van der Waals surface area contributed by atoms with Crippen LogP contribution in [0.4, 0.5) is 26.1 Å². The molecule has 2 fully saturated rings.